The molecule has 112 valence electrons. The summed E-state index contributed by atoms with van der Waals surface area (Å²) in [5, 5.41) is 0. The molecule has 1 saturated carbocycles. The predicted octanol–water partition coefficient (Wildman–Crippen LogP) is 3.13. The largest absolute Gasteiger partial charge is 0.350 e. The minimum absolute atomic E-state index is 0.0382. The Morgan fingerprint density at radius 1 is 1.10 bits per heavy atom. The van der Waals surface area contributed by atoms with Crippen molar-refractivity contribution in [2.24, 2.45) is 11.7 Å². The van der Waals surface area contributed by atoms with Crippen LogP contribution in [-0.4, -0.2) is 24.5 Å². The van der Waals surface area contributed by atoms with E-state index >= 15 is 0 Å². The van der Waals surface area contributed by atoms with Crippen LogP contribution in [0, 0.1) is 5.92 Å². The summed E-state index contributed by atoms with van der Waals surface area (Å²) < 4.78 is 11.1. The highest BCUT2D eigenvalue weighted by molar-refractivity contribution is 5.13. The van der Waals surface area contributed by atoms with E-state index in [1.54, 1.807) is 0 Å². The van der Waals surface area contributed by atoms with Gasteiger partial charge in [-0.1, -0.05) is 37.3 Å². The van der Waals surface area contributed by atoms with Gasteiger partial charge in [-0.3, -0.25) is 0 Å². The van der Waals surface area contributed by atoms with Crippen molar-refractivity contribution in [1.29, 1.82) is 0 Å². The van der Waals surface area contributed by atoms with Gasteiger partial charge in [-0.2, -0.15) is 0 Å². The number of hydrogen-bond acceptors (Lipinski definition) is 3. The van der Waals surface area contributed by atoms with Gasteiger partial charge < -0.3 is 15.2 Å². The number of aryl methyl sites for hydroxylation is 1. The Morgan fingerprint density at radius 3 is 2.05 bits per heavy atom. The van der Waals surface area contributed by atoms with E-state index in [0.29, 0.717) is 5.92 Å². The van der Waals surface area contributed by atoms with E-state index in [4.69, 9.17) is 15.2 Å². The summed E-state index contributed by atoms with van der Waals surface area (Å²) in [4.78, 5) is 0. The maximum absolute atomic E-state index is 6.05. The Kier molecular flexibility index (Phi) is 4.84. The third kappa shape index (κ3) is 4.30. The van der Waals surface area contributed by atoms with Gasteiger partial charge in [-0.05, 0) is 38.7 Å². The van der Waals surface area contributed by atoms with Gasteiger partial charge in [0.25, 0.3) is 0 Å². The quantitative estimate of drug-likeness (QED) is 0.903. The Bertz CT molecular complexity index is 402. The van der Waals surface area contributed by atoms with Gasteiger partial charge in [0.1, 0.15) is 0 Å². The van der Waals surface area contributed by atoms with Gasteiger partial charge in [0, 0.05) is 11.5 Å². The smallest absolute Gasteiger partial charge is 0.162 e. The van der Waals surface area contributed by atoms with Crippen LogP contribution in [0.2, 0.25) is 0 Å². The van der Waals surface area contributed by atoms with Crippen molar-refractivity contribution in [3.63, 3.8) is 0 Å². The second-order valence-corrected chi connectivity index (χ2v) is 6.29. The highest BCUT2D eigenvalue weighted by Gasteiger charge is 2.48. The summed E-state index contributed by atoms with van der Waals surface area (Å²) in [5.41, 5.74) is 7.50. The van der Waals surface area contributed by atoms with Crippen LogP contribution in [0.1, 0.15) is 39.2 Å². The average molecular weight is 277 g/mol. The standard InChI is InChI=1S/C9H17NO2.C8H10/c1-8(2)11-5-7(6-12-8)9(10)3-4-9;1-2-8-6-4-3-5-7-8/h7H,3-6,10H2,1-2H3;3-7H,2H2,1H3. The molecule has 1 aromatic rings. The van der Waals surface area contributed by atoms with E-state index in [1.807, 2.05) is 19.9 Å². The van der Waals surface area contributed by atoms with Crippen LogP contribution in [0.5, 0.6) is 0 Å². The fourth-order valence-corrected chi connectivity index (χ4v) is 2.29. The fraction of sp³-hybridized carbons (Fsp3) is 0.647. The van der Waals surface area contributed by atoms with Gasteiger partial charge >= 0.3 is 0 Å². The van der Waals surface area contributed by atoms with Crippen molar-refractivity contribution in [2.45, 2.75) is 51.4 Å². The van der Waals surface area contributed by atoms with Crippen molar-refractivity contribution in [2.75, 3.05) is 13.2 Å². The highest BCUT2D eigenvalue weighted by Crippen LogP contribution is 2.42. The molecule has 3 rings (SSSR count). The van der Waals surface area contributed by atoms with Crippen LogP contribution in [-0.2, 0) is 15.9 Å². The van der Waals surface area contributed by atoms with Crippen LogP contribution < -0.4 is 5.73 Å². The molecule has 2 N–H and O–H groups in total. The summed E-state index contributed by atoms with van der Waals surface area (Å²) in [6.45, 7) is 7.56. The summed E-state index contributed by atoms with van der Waals surface area (Å²) in [6.07, 6.45) is 3.40. The van der Waals surface area contributed by atoms with Crippen molar-refractivity contribution >= 4 is 0 Å². The molecule has 3 nitrogen and oxygen atoms in total. The summed E-state index contributed by atoms with van der Waals surface area (Å²) in [5.74, 6) is 0.00685. The molecule has 1 heterocycles. The van der Waals surface area contributed by atoms with Gasteiger partial charge in [-0.25, -0.2) is 0 Å². The van der Waals surface area contributed by atoms with Gasteiger partial charge in [-0.15, -0.1) is 0 Å². The number of rotatable bonds is 2. The summed E-state index contributed by atoms with van der Waals surface area (Å²) in [6, 6.07) is 10.5. The SMILES string of the molecule is CC1(C)OCC(C2(N)CC2)CO1.CCc1ccccc1. The average Bonchev–Trinajstić information content (AvgIpc) is 3.19. The molecule has 0 aromatic heterocycles. The van der Waals surface area contributed by atoms with Crippen molar-refractivity contribution in [3.05, 3.63) is 35.9 Å². The molecule has 0 spiro atoms. The first kappa shape index (κ1) is 15.5. The molecule has 1 saturated heterocycles. The molecular formula is C17H27NO2. The molecule has 1 aromatic carbocycles. The maximum atomic E-state index is 6.05. The molecule has 2 fully saturated rings. The molecule has 0 unspecified atom stereocenters. The first-order chi connectivity index (χ1) is 9.45. The molecule has 0 atom stereocenters. The lowest BCUT2D eigenvalue weighted by Crippen LogP contribution is -2.47. The normalized spacial score (nSPS) is 23.6. The van der Waals surface area contributed by atoms with Crippen molar-refractivity contribution < 1.29 is 9.47 Å². The van der Waals surface area contributed by atoms with E-state index in [-0.39, 0.29) is 5.54 Å². The van der Waals surface area contributed by atoms with Gasteiger partial charge in [0.05, 0.1) is 13.2 Å². The van der Waals surface area contributed by atoms with E-state index < -0.39 is 5.79 Å². The van der Waals surface area contributed by atoms with Crippen LogP contribution in [0.15, 0.2) is 30.3 Å². The number of hydrogen-bond donors (Lipinski definition) is 1. The molecule has 2 aliphatic rings. The number of benzene rings is 1. The van der Waals surface area contributed by atoms with Crippen molar-refractivity contribution in [3.8, 4) is 0 Å². The van der Waals surface area contributed by atoms with Crippen LogP contribution in [0.25, 0.3) is 0 Å². The van der Waals surface area contributed by atoms with Crippen LogP contribution >= 0.6 is 0 Å². The third-order valence-corrected chi connectivity index (χ3v) is 4.16. The third-order valence-electron chi connectivity index (χ3n) is 4.16. The van der Waals surface area contributed by atoms with Gasteiger partial charge in [0.15, 0.2) is 5.79 Å². The minimum atomic E-state index is -0.401. The Labute approximate surface area is 122 Å². The summed E-state index contributed by atoms with van der Waals surface area (Å²) >= 11 is 0. The van der Waals surface area contributed by atoms with E-state index in [0.717, 1.165) is 32.5 Å². The predicted molar refractivity (Wildman–Crippen MR) is 81.4 cm³/mol. The molecule has 0 amide bonds. The minimum Gasteiger partial charge on any atom is -0.350 e. The lowest BCUT2D eigenvalue weighted by Gasteiger charge is -2.37. The summed E-state index contributed by atoms with van der Waals surface area (Å²) in [7, 11) is 0. The lowest BCUT2D eigenvalue weighted by molar-refractivity contribution is -0.265. The lowest BCUT2D eigenvalue weighted by atomic mass is 9.99. The molecule has 0 radical (unpaired) electrons. The Balaban J connectivity index is 0.000000160. The Hall–Kier alpha value is -0.900. The Morgan fingerprint density at radius 2 is 1.65 bits per heavy atom. The first-order valence-corrected chi connectivity index (χ1v) is 7.56. The van der Waals surface area contributed by atoms with Crippen LogP contribution in [0.4, 0.5) is 0 Å². The first-order valence-electron chi connectivity index (χ1n) is 7.56. The van der Waals surface area contributed by atoms with E-state index in [2.05, 4.69) is 31.2 Å². The molecule has 3 heteroatoms. The highest BCUT2D eigenvalue weighted by atomic mass is 16.7. The van der Waals surface area contributed by atoms with Crippen molar-refractivity contribution in [1.82, 2.24) is 0 Å². The number of ether oxygens (including phenoxy) is 2. The monoisotopic (exact) mass is 277 g/mol. The molecular weight excluding hydrogens is 250 g/mol. The molecule has 1 aliphatic heterocycles. The second-order valence-electron chi connectivity index (χ2n) is 6.29. The second kappa shape index (κ2) is 6.25. The molecule has 20 heavy (non-hydrogen) atoms. The number of nitrogens with two attached hydrogens (primary N) is 1. The van der Waals surface area contributed by atoms with E-state index in [1.165, 1.54) is 5.56 Å². The molecule has 1 aliphatic carbocycles. The maximum Gasteiger partial charge on any atom is 0.162 e. The zero-order valence-electron chi connectivity index (χ0n) is 12.9. The van der Waals surface area contributed by atoms with E-state index in [9.17, 15) is 0 Å². The van der Waals surface area contributed by atoms with Gasteiger partial charge in [0.2, 0.25) is 0 Å². The zero-order valence-corrected chi connectivity index (χ0v) is 12.9. The zero-order chi connectivity index (χ0) is 14.6. The topological polar surface area (TPSA) is 44.5 Å². The van der Waals surface area contributed by atoms with Crippen LogP contribution in [0.3, 0.4) is 0 Å². The molecule has 0 bridgehead atoms. The fourth-order valence-electron chi connectivity index (χ4n) is 2.29.